The third kappa shape index (κ3) is 2.87. The highest BCUT2D eigenvalue weighted by molar-refractivity contribution is 7.89. The normalized spacial score (nSPS) is 14.4. The standard InChI is InChI=1S/C17H19NO2S/c1-18(13-14-6-3-2-4-7-14)21(19,20)17-11-10-15-8-5-9-16(15)12-17/h2-4,6-7,10-12H,5,8-9,13H2,1H3. The Kier molecular flexibility index (Phi) is 3.83. The summed E-state index contributed by atoms with van der Waals surface area (Å²) in [5.74, 6) is 0. The first-order valence-electron chi connectivity index (χ1n) is 7.19. The van der Waals surface area contributed by atoms with Crippen molar-refractivity contribution in [2.24, 2.45) is 0 Å². The number of benzene rings is 2. The Labute approximate surface area is 126 Å². The number of hydrogen-bond donors (Lipinski definition) is 0. The Morgan fingerprint density at radius 3 is 2.48 bits per heavy atom. The van der Waals surface area contributed by atoms with Crippen molar-refractivity contribution in [2.45, 2.75) is 30.7 Å². The Balaban J connectivity index is 1.86. The lowest BCUT2D eigenvalue weighted by atomic mass is 10.1. The quantitative estimate of drug-likeness (QED) is 0.870. The van der Waals surface area contributed by atoms with E-state index in [1.165, 1.54) is 15.4 Å². The first-order chi connectivity index (χ1) is 10.1. The molecule has 0 saturated carbocycles. The molecule has 0 bridgehead atoms. The minimum absolute atomic E-state index is 0.389. The maximum absolute atomic E-state index is 12.7. The van der Waals surface area contributed by atoms with Gasteiger partial charge < -0.3 is 0 Å². The maximum atomic E-state index is 12.7. The zero-order chi connectivity index (χ0) is 14.9. The molecule has 0 fully saturated rings. The van der Waals surface area contributed by atoms with E-state index < -0.39 is 10.0 Å². The molecule has 0 heterocycles. The van der Waals surface area contributed by atoms with Crippen molar-refractivity contribution in [3.05, 3.63) is 65.2 Å². The van der Waals surface area contributed by atoms with Crippen LogP contribution in [-0.2, 0) is 29.4 Å². The monoisotopic (exact) mass is 301 g/mol. The highest BCUT2D eigenvalue weighted by atomic mass is 32.2. The van der Waals surface area contributed by atoms with E-state index in [2.05, 4.69) is 0 Å². The fourth-order valence-electron chi connectivity index (χ4n) is 2.81. The van der Waals surface area contributed by atoms with Crippen LogP contribution < -0.4 is 0 Å². The third-order valence-corrected chi connectivity index (χ3v) is 5.83. The predicted octanol–water partition coefficient (Wildman–Crippen LogP) is 3.00. The molecule has 110 valence electrons. The molecule has 1 aliphatic carbocycles. The minimum atomic E-state index is -3.43. The molecule has 0 aliphatic heterocycles. The van der Waals surface area contributed by atoms with Crippen LogP contribution in [0.25, 0.3) is 0 Å². The molecular formula is C17H19NO2S. The summed E-state index contributed by atoms with van der Waals surface area (Å²) in [6, 6.07) is 15.2. The molecule has 2 aromatic rings. The van der Waals surface area contributed by atoms with Gasteiger partial charge in [0.15, 0.2) is 0 Å². The highest BCUT2D eigenvalue weighted by Gasteiger charge is 2.23. The SMILES string of the molecule is CN(Cc1ccccc1)S(=O)(=O)c1ccc2c(c1)CCC2. The lowest BCUT2D eigenvalue weighted by molar-refractivity contribution is 0.466. The maximum Gasteiger partial charge on any atom is 0.243 e. The average Bonchev–Trinajstić information content (AvgIpc) is 2.95. The van der Waals surface area contributed by atoms with Crippen LogP contribution in [0.5, 0.6) is 0 Å². The molecule has 1 aliphatic rings. The van der Waals surface area contributed by atoms with Crippen LogP contribution in [0.2, 0.25) is 0 Å². The van der Waals surface area contributed by atoms with Crippen LogP contribution in [0.15, 0.2) is 53.4 Å². The van der Waals surface area contributed by atoms with Gasteiger partial charge in [-0.3, -0.25) is 0 Å². The Bertz CT molecular complexity index is 739. The van der Waals surface area contributed by atoms with Gasteiger partial charge in [0.25, 0.3) is 0 Å². The molecule has 0 unspecified atom stereocenters. The van der Waals surface area contributed by atoms with E-state index >= 15 is 0 Å². The van der Waals surface area contributed by atoms with Crippen molar-refractivity contribution in [1.82, 2.24) is 4.31 Å². The zero-order valence-corrected chi connectivity index (χ0v) is 12.9. The molecule has 0 atom stereocenters. The van der Waals surface area contributed by atoms with Crippen LogP contribution >= 0.6 is 0 Å². The molecule has 0 radical (unpaired) electrons. The molecule has 0 N–H and O–H groups in total. The number of sulfonamides is 1. The highest BCUT2D eigenvalue weighted by Crippen LogP contribution is 2.26. The van der Waals surface area contributed by atoms with E-state index in [0.717, 1.165) is 24.8 Å². The number of fused-ring (bicyclic) bond motifs is 1. The summed E-state index contributed by atoms with van der Waals surface area (Å²) < 4.78 is 26.7. The van der Waals surface area contributed by atoms with E-state index in [9.17, 15) is 8.42 Å². The molecule has 3 nitrogen and oxygen atoms in total. The van der Waals surface area contributed by atoms with Crippen molar-refractivity contribution in [1.29, 1.82) is 0 Å². The van der Waals surface area contributed by atoms with Crippen molar-refractivity contribution < 1.29 is 8.42 Å². The van der Waals surface area contributed by atoms with Gasteiger partial charge in [-0.15, -0.1) is 0 Å². The van der Waals surface area contributed by atoms with E-state index in [4.69, 9.17) is 0 Å². The van der Waals surface area contributed by atoms with Crippen molar-refractivity contribution in [3.8, 4) is 0 Å². The van der Waals surface area contributed by atoms with Gasteiger partial charge in [0.1, 0.15) is 0 Å². The first kappa shape index (κ1) is 14.3. The molecule has 3 rings (SSSR count). The molecule has 0 aromatic heterocycles. The number of aryl methyl sites for hydroxylation is 2. The van der Waals surface area contributed by atoms with E-state index in [1.54, 1.807) is 13.1 Å². The fraction of sp³-hybridized carbons (Fsp3) is 0.294. The van der Waals surface area contributed by atoms with Gasteiger partial charge in [-0.25, -0.2) is 8.42 Å². The van der Waals surface area contributed by atoms with Gasteiger partial charge in [-0.05, 0) is 48.1 Å². The largest absolute Gasteiger partial charge is 0.243 e. The molecule has 4 heteroatoms. The second-order valence-electron chi connectivity index (χ2n) is 5.53. The van der Waals surface area contributed by atoms with Crippen LogP contribution in [0.1, 0.15) is 23.1 Å². The zero-order valence-electron chi connectivity index (χ0n) is 12.1. The van der Waals surface area contributed by atoms with Crippen LogP contribution in [0.4, 0.5) is 0 Å². The second kappa shape index (κ2) is 5.62. The summed E-state index contributed by atoms with van der Waals surface area (Å²) in [5, 5.41) is 0. The van der Waals surface area contributed by atoms with Gasteiger partial charge in [0.05, 0.1) is 4.90 Å². The van der Waals surface area contributed by atoms with Crippen LogP contribution in [0, 0.1) is 0 Å². The predicted molar refractivity (Wildman–Crippen MR) is 83.6 cm³/mol. The van der Waals surface area contributed by atoms with E-state index in [1.807, 2.05) is 42.5 Å². The average molecular weight is 301 g/mol. The van der Waals surface area contributed by atoms with Crippen molar-refractivity contribution in [2.75, 3.05) is 7.05 Å². The Morgan fingerprint density at radius 1 is 1.00 bits per heavy atom. The summed E-state index contributed by atoms with van der Waals surface area (Å²) in [6.45, 7) is 0.389. The fourth-order valence-corrected chi connectivity index (χ4v) is 4.02. The van der Waals surface area contributed by atoms with Gasteiger partial charge in [-0.1, -0.05) is 36.4 Å². The van der Waals surface area contributed by atoms with Crippen molar-refractivity contribution in [3.63, 3.8) is 0 Å². The minimum Gasteiger partial charge on any atom is -0.207 e. The van der Waals surface area contributed by atoms with Crippen molar-refractivity contribution >= 4 is 10.0 Å². The van der Waals surface area contributed by atoms with Crippen LogP contribution in [0.3, 0.4) is 0 Å². The molecule has 2 aromatic carbocycles. The van der Waals surface area contributed by atoms with Gasteiger partial charge in [0, 0.05) is 13.6 Å². The lowest BCUT2D eigenvalue weighted by Crippen LogP contribution is -2.26. The van der Waals surface area contributed by atoms with E-state index in [0.29, 0.717) is 11.4 Å². The first-order valence-corrected chi connectivity index (χ1v) is 8.63. The summed E-state index contributed by atoms with van der Waals surface area (Å²) in [7, 11) is -1.79. The molecule has 0 saturated heterocycles. The molecular weight excluding hydrogens is 282 g/mol. The molecule has 0 amide bonds. The summed E-state index contributed by atoms with van der Waals surface area (Å²) in [5.41, 5.74) is 3.47. The van der Waals surface area contributed by atoms with Crippen LogP contribution in [-0.4, -0.2) is 19.8 Å². The van der Waals surface area contributed by atoms with E-state index in [-0.39, 0.29) is 0 Å². The van der Waals surface area contributed by atoms with Gasteiger partial charge in [0.2, 0.25) is 10.0 Å². The van der Waals surface area contributed by atoms with Gasteiger partial charge >= 0.3 is 0 Å². The van der Waals surface area contributed by atoms with Gasteiger partial charge in [-0.2, -0.15) is 4.31 Å². The summed E-state index contributed by atoms with van der Waals surface area (Å²) in [4.78, 5) is 0.404. The Morgan fingerprint density at radius 2 is 1.71 bits per heavy atom. The number of nitrogens with zero attached hydrogens (tertiary/aromatic N) is 1. The molecule has 21 heavy (non-hydrogen) atoms. The second-order valence-corrected chi connectivity index (χ2v) is 7.58. The topological polar surface area (TPSA) is 37.4 Å². The lowest BCUT2D eigenvalue weighted by Gasteiger charge is -2.18. The summed E-state index contributed by atoms with van der Waals surface area (Å²) >= 11 is 0. The molecule has 0 spiro atoms. The number of hydrogen-bond acceptors (Lipinski definition) is 2. The third-order valence-electron chi connectivity index (χ3n) is 4.03. The smallest absolute Gasteiger partial charge is 0.207 e. The summed E-state index contributed by atoms with van der Waals surface area (Å²) in [6.07, 6.45) is 3.18. The Hall–Kier alpha value is -1.65. The number of rotatable bonds is 4.